The Hall–Kier alpha value is -2.32. The Kier molecular flexibility index (Phi) is 5.63. The molecular weight excluding hydrogens is 352 g/mol. The van der Waals surface area contributed by atoms with Gasteiger partial charge in [0.2, 0.25) is 5.91 Å². The number of nitrogens with two attached hydrogens (primary N) is 1. The molecule has 1 saturated heterocycles. The van der Waals surface area contributed by atoms with Gasteiger partial charge in [-0.05, 0) is 49.3 Å². The van der Waals surface area contributed by atoms with Crippen LogP contribution in [0.3, 0.4) is 0 Å². The van der Waals surface area contributed by atoms with Crippen molar-refractivity contribution in [2.24, 2.45) is 16.6 Å². The van der Waals surface area contributed by atoms with Crippen molar-refractivity contribution in [3.63, 3.8) is 0 Å². The van der Waals surface area contributed by atoms with E-state index in [-0.39, 0.29) is 17.2 Å². The zero-order valence-electron chi connectivity index (χ0n) is 14.6. The van der Waals surface area contributed by atoms with Crippen LogP contribution in [0.1, 0.15) is 25.7 Å². The molecule has 2 fully saturated rings. The third-order valence-corrected chi connectivity index (χ3v) is 5.03. The van der Waals surface area contributed by atoms with Gasteiger partial charge in [-0.3, -0.25) is 19.5 Å². The van der Waals surface area contributed by atoms with Crippen LogP contribution in [0.15, 0.2) is 29.3 Å². The van der Waals surface area contributed by atoms with Gasteiger partial charge in [0, 0.05) is 12.3 Å². The molecule has 0 spiro atoms. The normalized spacial score (nSPS) is 26.9. The Morgan fingerprint density at radius 3 is 2.62 bits per heavy atom. The van der Waals surface area contributed by atoms with E-state index in [0.29, 0.717) is 11.4 Å². The summed E-state index contributed by atoms with van der Waals surface area (Å²) < 4.78 is 5.13. The van der Waals surface area contributed by atoms with E-state index in [2.05, 4.69) is 10.3 Å². The first-order valence-electron chi connectivity index (χ1n) is 8.63. The fourth-order valence-electron chi connectivity index (χ4n) is 3.22. The van der Waals surface area contributed by atoms with Gasteiger partial charge in [-0.15, -0.1) is 0 Å². The molecule has 3 atom stereocenters. The van der Waals surface area contributed by atoms with Crippen LogP contribution in [0, 0.1) is 5.92 Å². The molecule has 0 unspecified atom stereocenters. The van der Waals surface area contributed by atoms with E-state index in [4.69, 9.17) is 22.7 Å². The first-order chi connectivity index (χ1) is 12.5. The number of thiocarbonyl (C=S) groups is 1. The number of rotatable bonds is 4. The summed E-state index contributed by atoms with van der Waals surface area (Å²) in [6.45, 7) is 0. The molecule has 0 bridgehead atoms. The molecule has 138 valence electrons. The summed E-state index contributed by atoms with van der Waals surface area (Å²) in [5.74, 6) is -1.23. The Balaban J connectivity index is 1.80. The number of nitrogens with one attached hydrogen (secondary N) is 1. The van der Waals surface area contributed by atoms with Gasteiger partial charge in [-0.25, -0.2) is 0 Å². The Morgan fingerprint density at radius 2 is 1.96 bits per heavy atom. The largest absolute Gasteiger partial charge is 0.497 e. The van der Waals surface area contributed by atoms with Gasteiger partial charge in [0.25, 0.3) is 5.91 Å². The van der Waals surface area contributed by atoms with Crippen molar-refractivity contribution < 1.29 is 14.3 Å². The third kappa shape index (κ3) is 3.76. The second kappa shape index (κ2) is 7.92. The maximum absolute atomic E-state index is 12.9. The van der Waals surface area contributed by atoms with Gasteiger partial charge >= 0.3 is 0 Å². The lowest BCUT2D eigenvalue weighted by atomic mass is 9.91. The molecule has 8 heteroatoms. The predicted molar refractivity (Wildman–Crippen MR) is 103 cm³/mol. The number of anilines is 1. The maximum Gasteiger partial charge on any atom is 0.251 e. The van der Waals surface area contributed by atoms with E-state index < -0.39 is 17.7 Å². The van der Waals surface area contributed by atoms with Crippen molar-refractivity contribution in [2.45, 2.75) is 37.8 Å². The summed E-state index contributed by atoms with van der Waals surface area (Å²) >= 11 is 5.18. The summed E-state index contributed by atoms with van der Waals surface area (Å²) in [6, 6.07) is 6.81. The molecule has 7 nitrogen and oxygen atoms in total. The molecule has 1 aromatic carbocycles. The Bertz CT molecular complexity index is 734. The van der Waals surface area contributed by atoms with Gasteiger partial charge in [0.1, 0.15) is 5.75 Å². The third-order valence-electron chi connectivity index (χ3n) is 4.74. The van der Waals surface area contributed by atoms with Crippen molar-refractivity contribution >= 4 is 41.0 Å². The number of benzene rings is 1. The smallest absolute Gasteiger partial charge is 0.251 e. The Morgan fingerprint density at radius 1 is 1.27 bits per heavy atom. The first kappa shape index (κ1) is 18.5. The molecule has 1 aliphatic carbocycles. The number of amides is 2. The van der Waals surface area contributed by atoms with Crippen molar-refractivity contribution in [1.82, 2.24) is 5.32 Å². The second-order valence-corrected chi connectivity index (χ2v) is 6.84. The van der Waals surface area contributed by atoms with Gasteiger partial charge in [-0.2, -0.15) is 0 Å². The van der Waals surface area contributed by atoms with Crippen LogP contribution in [0.4, 0.5) is 5.69 Å². The number of hydrogen-bond acceptors (Lipinski definition) is 6. The number of carbonyl (C=O) groups excluding carboxylic acids is 2. The van der Waals surface area contributed by atoms with E-state index in [1.54, 1.807) is 31.4 Å². The highest BCUT2D eigenvalue weighted by molar-refractivity contribution is 7.80. The van der Waals surface area contributed by atoms with Crippen LogP contribution in [0.25, 0.3) is 0 Å². The van der Waals surface area contributed by atoms with Crippen molar-refractivity contribution in [3.05, 3.63) is 24.3 Å². The number of aliphatic imine (C=N–C) groups is 1. The monoisotopic (exact) mass is 374 g/mol. The van der Waals surface area contributed by atoms with Crippen molar-refractivity contribution in [3.8, 4) is 5.75 Å². The molecule has 1 aromatic rings. The minimum atomic E-state index is -1.02. The van der Waals surface area contributed by atoms with Gasteiger partial charge < -0.3 is 15.8 Å². The molecule has 1 heterocycles. The van der Waals surface area contributed by atoms with Crippen molar-refractivity contribution in [1.29, 1.82) is 0 Å². The summed E-state index contributed by atoms with van der Waals surface area (Å²) in [5.41, 5.74) is 6.65. The standard InChI is InChI=1S/C18H22N4O3S/c1-25-12-8-6-11(7-9-12)22-17(24)13(16(23)21-18(22)26)10-20-15-5-3-2-4-14(15)19/h6-10,13-15H,2-5,19H2,1H3,(H,21,23,26)/t13-,14-,15+/m0/s1. The van der Waals surface area contributed by atoms with Crippen LogP contribution in [-0.4, -0.2) is 42.3 Å². The minimum absolute atomic E-state index is 0.0273. The molecular formula is C18H22N4O3S. The van der Waals surface area contributed by atoms with Gasteiger partial charge in [0.15, 0.2) is 11.0 Å². The van der Waals surface area contributed by atoms with Crippen LogP contribution in [0.2, 0.25) is 0 Å². The van der Waals surface area contributed by atoms with Gasteiger partial charge in [-0.1, -0.05) is 12.8 Å². The predicted octanol–water partition coefficient (Wildman–Crippen LogP) is 1.40. The molecule has 1 aliphatic heterocycles. The zero-order valence-corrected chi connectivity index (χ0v) is 15.4. The lowest BCUT2D eigenvalue weighted by Gasteiger charge is -2.31. The second-order valence-electron chi connectivity index (χ2n) is 6.46. The fraction of sp³-hybridized carbons (Fsp3) is 0.444. The lowest BCUT2D eigenvalue weighted by Crippen LogP contribution is -2.58. The Labute approximate surface area is 157 Å². The number of nitrogens with zero attached hydrogens (tertiary/aromatic N) is 2. The summed E-state index contributed by atoms with van der Waals surface area (Å²) in [7, 11) is 1.56. The number of carbonyl (C=O) groups is 2. The number of ether oxygens (including phenoxy) is 1. The summed E-state index contributed by atoms with van der Waals surface area (Å²) in [4.78, 5) is 30.9. The lowest BCUT2D eigenvalue weighted by molar-refractivity contribution is -0.130. The van der Waals surface area contributed by atoms with Crippen molar-refractivity contribution in [2.75, 3.05) is 12.0 Å². The van der Waals surface area contributed by atoms with Crippen LogP contribution >= 0.6 is 12.2 Å². The average molecular weight is 374 g/mol. The molecule has 0 radical (unpaired) electrons. The van der Waals surface area contributed by atoms with E-state index >= 15 is 0 Å². The quantitative estimate of drug-likeness (QED) is 0.472. The highest BCUT2D eigenvalue weighted by Crippen LogP contribution is 2.24. The minimum Gasteiger partial charge on any atom is -0.497 e. The zero-order chi connectivity index (χ0) is 18.7. The highest BCUT2D eigenvalue weighted by atomic mass is 32.1. The van der Waals surface area contributed by atoms with E-state index in [0.717, 1.165) is 25.7 Å². The maximum atomic E-state index is 12.9. The molecule has 2 amide bonds. The SMILES string of the molecule is COc1ccc(N2C(=O)[C@@H](C=N[C@@H]3CCCC[C@@H]3N)C(=O)NC2=S)cc1. The van der Waals surface area contributed by atoms with E-state index in [1.165, 1.54) is 11.1 Å². The highest BCUT2D eigenvalue weighted by Gasteiger charge is 2.38. The summed E-state index contributed by atoms with van der Waals surface area (Å²) in [5, 5.41) is 2.64. The molecule has 3 rings (SSSR count). The molecule has 2 aliphatic rings. The van der Waals surface area contributed by atoms with E-state index in [1.807, 2.05) is 0 Å². The van der Waals surface area contributed by atoms with E-state index in [9.17, 15) is 9.59 Å². The molecule has 26 heavy (non-hydrogen) atoms. The number of methoxy groups -OCH3 is 1. The average Bonchev–Trinajstić information content (AvgIpc) is 2.63. The van der Waals surface area contributed by atoms with Crippen LogP contribution in [0.5, 0.6) is 5.75 Å². The summed E-state index contributed by atoms with van der Waals surface area (Å²) in [6.07, 6.45) is 5.36. The molecule has 1 saturated carbocycles. The van der Waals surface area contributed by atoms with Gasteiger partial charge in [0.05, 0.1) is 18.8 Å². The number of hydrogen-bond donors (Lipinski definition) is 2. The van der Waals surface area contributed by atoms with Crippen LogP contribution < -0.4 is 20.7 Å². The topological polar surface area (TPSA) is 97.0 Å². The van der Waals surface area contributed by atoms with Crippen LogP contribution in [-0.2, 0) is 9.59 Å². The molecule has 3 N–H and O–H groups in total. The molecule has 0 aromatic heterocycles. The fourth-order valence-corrected chi connectivity index (χ4v) is 3.52. The first-order valence-corrected chi connectivity index (χ1v) is 9.04.